The number of hydrogen-bond donors (Lipinski definition) is 1. The number of aromatic amines is 1. The SMILES string of the molecule is COc1cc(OCC2CCOC2)cc(-c2cnc3[nH]ccc3c2)c1. The highest BCUT2D eigenvalue weighted by molar-refractivity contribution is 5.81. The lowest BCUT2D eigenvalue weighted by atomic mass is 10.1. The van der Waals surface area contributed by atoms with Crippen LogP contribution in [-0.4, -0.2) is 36.9 Å². The van der Waals surface area contributed by atoms with Gasteiger partial charge in [-0.15, -0.1) is 0 Å². The van der Waals surface area contributed by atoms with Gasteiger partial charge in [0.2, 0.25) is 0 Å². The van der Waals surface area contributed by atoms with Gasteiger partial charge in [-0.3, -0.25) is 0 Å². The largest absolute Gasteiger partial charge is 0.497 e. The van der Waals surface area contributed by atoms with Crippen LogP contribution in [0.25, 0.3) is 22.2 Å². The van der Waals surface area contributed by atoms with E-state index < -0.39 is 0 Å². The highest BCUT2D eigenvalue weighted by atomic mass is 16.5. The molecule has 1 atom stereocenters. The van der Waals surface area contributed by atoms with Crippen LogP contribution < -0.4 is 9.47 Å². The lowest BCUT2D eigenvalue weighted by Crippen LogP contribution is -2.11. The van der Waals surface area contributed by atoms with Crippen molar-refractivity contribution in [3.05, 3.63) is 42.7 Å². The van der Waals surface area contributed by atoms with Crippen molar-refractivity contribution in [1.82, 2.24) is 9.97 Å². The van der Waals surface area contributed by atoms with E-state index in [-0.39, 0.29) is 0 Å². The average Bonchev–Trinajstić information content (AvgIpc) is 3.30. The summed E-state index contributed by atoms with van der Waals surface area (Å²) in [6.07, 6.45) is 4.82. The van der Waals surface area contributed by atoms with Gasteiger partial charge in [0.05, 0.1) is 20.3 Å². The Bertz CT molecular complexity index is 837. The number of hydrogen-bond acceptors (Lipinski definition) is 4. The van der Waals surface area contributed by atoms with Crippen molar-refractivity contribution >= 4 is 11.0 Å². The van der Waals surface area contributed by atoms with E-state index in [4.69, 9.17) is 14.2 Å². The molecule has 1 aromatic carbocycles. The van der Waals surface area contributed by atoms with Crippen LogP contribution in [0.1, 0.15) is 6.42 Å². The molecule has 5 nitrogen and oxygen atoms in total. The van der Waals surface area contributed by atoms with Crippen LogP contribution in [0.15, 0.2) is 42.7 Å². The maximum atomic E-state index is 5.98. The number of aromatic nitrogens is 2. The van der Waals surface area contributed by atoms with Crippen LogP contribution in [0.3, 0.4) is 0 Å². The maximum Gasteiger partial charge on any atom is 0.137 e. The van der Waals surface area contributed by atoms with Gasteiger partial charge in [-0.25, -0.2) is 4.98 Å². The predicted molar refractivity (Wildman–Crippen MR) is 92.5 cm³/mol. The number of pyridine rings is 1. The maximum absolute atomic E-state index is 5.98. The number of fused-ring (bicyclic) bond motifs is 1. The Hall–Kier alpha value is -2.53. The fraction of sp³-hybridized carbons (Fsp3) is 0.316. The molecule has 0 radical (unpaired) electrons. The molecule has 1 saturated heterocycles. The second-order valence-corrected chi connectivity index (χ2v) is 6.08. The molecule has 1 unspecified atom stereocenters. The second-order valence-electron chi connectivity index (χ2n) is 6.08. The molecule has 124 valence electrons. The van der Waals surface area contributed by atoms with Crippen molar-refractivity contribution in [1.29, 1.82) is 0 Å². The van der Waals surface area contributed by atoms with Gasteiger partial charge in [-0.05, 0) is 36.2 Å². The normalized spacial score (nSPS) is 17.3. The molecule has 5 heteroatoms. The summed E-state index contributed by atoms with van der Waals surface area (Å²) in [6.45, 7) is 2.28. The van der Waals surface area contributed by atoms with E-state index in [2.05, 4.69) is 16.0 Å². The van der Waals surface area contributed by atoms with Crippen molar-refractivity contribution in [2.45, 2.75) is 6.42 Å². The fourth-order valence-electron chi connectivity index (χ4n) is 2.97. The minimum atomic E-state index is 0.470. The van der Waals surface area contributed by atoms with Gasteiger partial charge < -0.3 is 19.2 Å². The topological polar surface area (TPSA) is 56.4 Å². The van der Waals surface area contributed by atoms with Gasteiger partial charge in [0.1, 0.15) is 17.1 Å². The average molecular weight is 324 g/mol. The van der Waals surface area contributed by atoms with Gasteiger partial charge in [0.15, 0.2) is 0 Å². The van der Waals surface area contributed by atoms with Crippen LogP contribution >= 0.6 is 0 Å². The molecule has 0 spiro atoms. The van der Waals surface area contributed by atoms with E-state index in [1.807, 2.05) is 36.7 Å². The zero-order valence-corrected chi connectivity index (χ0v) is 13.6. The first-order valence-electron chi connectivity index (χ1n) is 8.15. The number of H-pyrrole nitrogens is 1. The van der Waals surface area contributed by atoms with Crippen LogP contribution in [-0.2, 0) is 4.74 Å². The molecule has 1 fully saturated rings. The molecule has 0 bridgehead atoms. The fourth-order valence-corrected chi connectivity index (χ4v) is 2.97. The van der Waals surface area contributed by atoms with Crippen molar-refractivity contribution in [3.63, 3.8) is 0 Å². The zero-order chi connectivity index (χ0) is 16.4. The Morgan fingerprint density at radius 1 is 1.21 bits per heavy atom. The van der Waals surface area contributed by atoms with Gasteiger partial charge in [-0.1, -0.05) is 0 Å². The molecule has 0 saturated carbocycles. The number of rotatable bonds is 5. The standard InChI is InChI=1S/C19H20N2O3/c1-22-17-7-15(16-6-14-2-4-20-19(14)21-10-16)8-18(9-17)24-12-13-3-5-23-11-13/h2,4,6-10,13H,3,5,11-12H2,1H3,(H,20,21). The summed E-state index contributed by atoms with van der Waals surface area (Å²) < 4.78 is 16.8. The lowest BCUT2D eigenvalue weighted by molar-refractivity contribution is 0.167. The molecular formula is C19H20N2O3. The van der Waals surface area contributed by atoms with E-state index in [9.17, 15) is 0 Å². The Morgan fingerprint density at radius 2 is 2.12 bits per heavy atom. The third-order valence-electron chi connectivity index (χ3n) is 4.36. The molecule has 3 heterocycles. The monoisotopic (exact) mass is 324 g/mol. The zero-order valence-electron chi connectivity index (χ0n) is 13.6. The predicted octanol–water partition coefficient (Wildman–Crippen LogP) is 3.65. The second kappa shape index (κ2) is 6.53. The van der Waals surface area contributed by atoms with Gasteiger partial charge >= 0.3 is 0 Å². The first kappa shape index (κ1) is 15.0. The minimum Gasteiger partial charge on any atom is -0.497 e. The highest BCUT2D eigenvalue weighted by Crippen LogP contribution is 2.31. The van der Waals surface area contributed by atoms with E-state index >= 15 is 0 Å². The first-order chi connectivity index (χ1) is 11.8. The lowest BCUT2D eigenvalue weighted by Gasteiger charge is -2.13. The van der Waals surface area contributed by atoms with E-state index in [0.717, 1.165) is 53.3 Å². The summed E-state index contributed by atoms with van der Waals surface area (Å²) in [4.78, 5) is 7.57. The van der Waals surface area contributed by atoms with Crippen LogP contribution in [0.2, 0.25) is 0 Å². The van der Waals surface area contributed by atoms with Crippen LogP contribution in [0.4, 0.5) is 0 Å². The number of nitrogens with zero attached hydrogens (tertiary/aromatic N) is 1. The summed E-state index contributed by atoms with van der Waals surface area (Å²) in [5.74, 6) is 2.06. The third-order valence-corrected chi connectivity index (χ3v) is 4.36. The molecule has 0 amide bonds. The Balaban J connectivity index is 1.62. The molecule has 1 N–H and O–H groups in total. The van der Waals surface area contributed by atoms with E-state index in [1.165, 1.54) is 0 Å². The van der Waals surface area contributed by atoms with Crippen molar-refractivity contribution < 1.29 is 14.2 Å². The van der Waals surface area contributed by atoms with Crippen molar-refractivity contribution in [2.75, 3.05) is 26.9 Å². The van der Waals surface area contributed by atoms with E-state index in [1.54, 1.807) is 7.11 Å². The van der Waals surface area contributed by atoms with Crippen molar-refractivity contribution in [2.24, 2.45) is 5.92 Å². The number of benzene rings is 1. The smallest absolute Gasteiger partial charge is 0.137 e. The molecule has 0 aliphatic carbocycles. The van der Waals surface area contributed by atoms with Crippen LogP contribution in [0, 0.1) is 5.92 Å². The van der Waals surface area contributed by atoms with Crippen LogP contribution in [0.5, 0.6) is 11.5 Å². The minimum absolute atomic E-state index is 0.470. The van der Waals surface area contributed by atoms with Gasteiger partial charge in [0.25, 0.3) is 0 Å². The number of nitrogens with one attached hydrogen (secondary N) is 1. The highest BCUT2D eigenvalue weighted by Gasteiger charge is 2.16. The van der Waals surface area contributed by atoms with Crippen molar-refractivity contribution in [3.8, 4) is 22.6 Å². The van der Waals surface area contributed by atoms with E-state index in [0.29, 0.717) is 12.5 Å². The molecule has 4 rings (SSSR count). The van der Waals surface area contributed by atoms with Gasteiger partial charge in [0, 0.05) is 41.9 Å². The molecule has 2 aromatic heterocycles. The third kappa shape index (κ3) is 3.08. The Kier molecular flexibility index (Phi) is 4.09. The molecule has 24 heavy (non-hydrogen) atoms. The summed E-state index contributed by atoms with van der Waals surface area (Å²) in [6, 6.07) is 10.1. The number of methoxy groups -OCH3 is 1. The molecule has 1 aliphatic heterocycles. The summed E-state index contributed by atoms with van der Waals surface area (Å²) >= 11 is 0. The molecule has 3 aromatic rings. The molecular weight excluding hydrogens is 304 g/mol. The quantitative estimate of drug-likeness (QED) is 0.778. The van der Waals surface area contributed by atoms with Gasteiger partial charge in [-0.2, -0.15) is 0 Å². The Morgan fingerprint density at radius 3 is 2.96 bits per heavy atom. The summed E-state index contributed by atoms with van der Waals surface area (Å²) in [7, 11) is 1.67. The first-order valence-corrected chi connectivity index (χ1v) is 8.15. The number of ether oxygens (including phenoxy) is 3. The molecule has 1 aliphatic rings. The summed E-state index contributed by atoms with van der Waals surface area (Å²) in [5, 5.41) is 1.08. The summed E-state index contributed by atoms with van der Waals surface area (Å²) in [5.41, 5.74) is 2.96. The Labute approximate surface area is 140 Å².